The van der Waals surface area contributed by atoms with Crippen LogP contribution in [0.5, 0.6) is 11.6 Å². The second-order valence-electron chi connectivity index (χ2n) is 8.19. The first-order valence-electron chi connectivity index (χ1n) is 10.3. The van der Waals surface area contributed by atoms with E-state index < -0.39 is 58.8 Å². The Kier molecular flexibility index (Phi) is 6.44. The Bertz CT molecular complexity index is 1210. The van der Waals surface area contributed by atoms with Gasteiger partial charge in [-0.1, -0.05) is 18.2 Å². The molecule has 13 heteroatoms. The predicted molar refractivity (Wildman–Crippen MR) is 115 cm³/mol. The molecule has 184 valence electrons. The number of nitrogens with one attached hydrogen (secondary N) is 2. The van der Waals surface area contributed by atoms with E-state index in [-0.39, 0.29) is 23.7 Å². The first kappa shape index (κ1) is 24.2. The van der Waals surface area contributed by atoms with Crippen molar-refractivity contribution in [2.24, 2.45) is 0 Å². The number of pyridine rings is 1. The number of nitrogens with zero attached hydrogens (tertiary/aromatic N) is 2. The number of sulfonamides is 1. The molecular formula is C21H23F3N4O5S. The Balaban J connectivity index is 1.79. The Morgan fingerprint density at radius 2 is 2.09 bits per heavy atom. The number of carbonyl (C=O) groups is 1. The van der Waals surface area contributed by atoms with E-state index in [2.05, 4.69) is 15.0 Å². The fourth-order valence-corrected chi connectivity index (χ4v) is 5.14. The first-order valence-corrected chi connectivity index (χ1v) is 12.0. The number of ether oxygens (including phenoxy) is 2. The normalized spacial score (nSPS) is 22.0. The number of amides is 2. The topological polar surface area (TPSA) is 110 Å². The van der Waals surface area contributed by atoms with Gasteiger partial charge in [-0.25, -0.2) is 36.1 Å². The quantitative estimate of drug-likeness (QED) is 0.667. The van der Waals surface area contributed by atoms with Gasteiger partial charge in [0.25, 0.3) is 5.92 Å². The van der Waals surface area contributed by atoms with E-state index >= 15 is 13.2 Å². The minimum atomic E-state index is -4.27. The van der Waals surface area contributed by atoms with Crippen LogP contribution in [0.3, 0.4) is 0 Å². The van der Waals surface area contributed by atoms with E-state index in [9.17, 15) is 13.2 Å². The summed E-state index contributed by atoms with van der Waals surface area (Å²) in [7, 11) is -3.16. The number of halogens is 3. The maximum atomic E-state index is 15.3. The van der Waals surface area contributed by atoms with Crippen LogP contribution in [0.25, 0.3) is 0 Å². The fraction of sp³-hybridized carbons (Fsp3) is 0.429. The Morgan fingerprint density at radius 1 is 1.32 bits per heavy atom. The van der Waals surface area contributed by atoms with Crippen molar-refractivity contribution >= 4 is 16.1 Å². The van der Waals surface area contributed by atoms with Gasteiger partial charge >= 0.3 is 6.03 Å². The average molecular weight is 500 g/mol. The van der Waals surface area contributed by atoms with Gasteiger partial charge in [0, 0.05) is 12.7 Å². The number of hydrogen-bond donors (Lipinski definition) is 2. The molecule has 4 rings (SSSR count). The summed E-state index contributed by atoms with van der Waals surface area (Å²) in [5, 5.41) is 2.53. The number of aromatic nitrogens is 1. The highest BCUT2D eigenvalue weighted by molar-refractivity contribution is 7.89. The van der Waals surface area contributed by atoms with Gasteiger partial charge in [0.15, 0.2) is 17.5 Å². The van der Waals surface area contributed by atoms with Crippen LogP contribution in [0.15, 0.2) is 30.3 Å². The summed E-state index contributed by atoms with van der Waals surface area (Å²) >= 11 is 0. The summed E-state index contributed by atoms with van der Waals surface area (Å²) in [5.41, 5.74) is 0.967. The maximum absolute atomic E-state index is 15.3. The van der Waals surface area contributed by atoms with Crippen molar-refractivity contribution in [1.29, 1.82) is 0 Å². The zero-order valence-electron chi connectivity index (χ0n) is 18.3. The molecule has 2 aromatic rings. The third-order valence-electron chi connectivity index (χ3n) is 5.67. The molecule has 2 N–H and O–H groups in total. The van der Waals surface area contributed by atoms with Crippen LogP contribution in [0.4, 0.5) is 18.0 Å². The van der Waals surface area contributed by atoms with Gasteiger partial charge in [-0.2, -0.15) is 0 Å². The van der Waals surface area contributed by atoms with E-state index in [0.717, 1.165) is 12.0 Å². The highest BCUT2D eigenvalue weighted by Crippen LogP contribution is 2.37. The lowest BCUT2D eigenvalue weighted by molar-refractivity contribution is -0.00476. The van der Waals surface area contributed by atoms with Gasteiger partial charge in [0.1, 0.15) is 6.04 Å². The zero-order chi connectivity index (χ0) is 24.7. The molecule has 0 unspecified atom stereocenters. The van der Waals surface area contributed by atoms with Crippen molar-refractivity contribution in [3.8, 4) is 11.6 Å². The average Bonchev–Trinajstić information content (AvgIpc) is 3.00. The molecule has 4 bridgehead atoms. The molecule has 2 aliphatic rings. The van der Waals surface area contributed by atoms with Crippen LogP contribution in [0.1, 0.15) is 16.8 Å². The van der Waals surface area contributed by atoms with Crippen LogP contribution in [-0.4, -0.2) is 61.9 Å². The minimum absolute atomic E-state index is 0.0259. The molecule has 1 aromatic heterocycles. The van der Waals surface area contributed by atoms with Crippen LogP contribution in [-0.2, 0) is 27.7 Å². The van der Waals surface area contributed by atoms with E-state index in [4.69, 9.17) is 4.74 Å². The summed E-state index contributed by atoms with van der Waals surface area (Å²) in [4.78, 5) is 18.0. The second kappa shape index (κ2) is 9.04. The lowest BCUT2D eigenvalue weighted by Crippen LogP contribution is -2.53. The zero-order valence-corrected chi connectivity index (χ0v) is 19.2. The molecule has 3 heterocycles. The van der Waals surface area contributed by atoms with E-state index in [1.807, 2.05) is 4.72 Å². The van der Waals surface area contributed by atoms with Gasteiger partial charge in [0.2, 0.25) is 15.9 Å². The standard InChI is InChI=1S/C21H23F3N4O5S/c1-12-6-7-14-9-25-20(29)28-10-21(23,24)18(27-34(30,31)11-32-2)15(28)8-13-4-3-5-16(17(13)22)33-19(12)26-14/h3-7,15,18,27H,8-11H2,1-2H3,(H,25,29)/t15-,18+/m0/s1. The lowest BCUT2D eigenvalue weighted by Gasteiger charge is -2.28. The van der Waals surface area contributed by atoms with Crippen molar-refractivity contribution in [2.75, 3.05) is 19.6 Å². The molecule has 1 aromatic carbocycles. The number of fused-ring (bicyclic) bond motifs is 5. The number of hydrogen-bond acceptors (Lipinski definition) is 6. The third-order valence-corrected chi connectivity index (χ3v) is 6.83. The van der Waals surface area contributed by atoms with Crippen LogP contribution >= 0.6 is 0 Å². The molecule has 2 amide bonds. The van der Waals surface area contributed by atoms with Crippen LogP contribution < -0.4 is 14.8 Å². The van der Waals surface area contributed by atoms with E-state index in [0.29, 0.717) is 11.3 Å². The van der Waals surface area contributed by atoms with Crippen molar-refractivity contribution < 1.29 is 35.9 Å². The van der Waals surface area contributed by atoms with Crippen molar-refractivity contribution in [2.45, 2.75) is 37.9 Å². The second-order valence-corrected chi connectivity index (χ2v) is 9.89. The van der Waals surface area contributed by atoms with Crippen LogP contribution in [0, 0.1) is 12.7 Å². The highest BCUT2D eigenvalue weighted by atomic mass is 32.2. The SMILES string of the molecule is COCS(=O)(=O)N[C@@H]1[C@@H]2Cc3cccc(c3F)Oc3nc(ccc3C)CNC(=O)N2CC1(F)F. The monoisotopic (exact) mass is 500 g/mol. The van der Waals surface area contributed by atoms with E-state index in [1.165, 1.54) is 18.2 Å². The van der Waals surface area contributed by atoms with Gasteiger partial charge < -0.3 is 19.7 Å². The summed E-state index contributed by atoms with van der Waals surface area (Å²) < 4.78 is 82.1. The summed E-state index contributed by atoms with van der Waals surface area (Å²) in [6.45, 7) is 0.553. The molecule has 1 saturated heterocycles. The number of methoxy groups -OCH3 is 1. The molecule has 0 radical (unpaired) electrons. The molecule has 2 atom stereocenters. The van der Waals surface area contributed by atoms with E-state index in [1.54, 1.807) is 19.1 Å². The third kappa shape index (κ3) is 4.81. The molecule has 0 spiro atoms. The van der Waals surface area contributed by atoms with Crippen molar-refractivity contribution in [1.82, 2.24) is 19.9 Å². The molecule has 34 heavy (non-hydrogen) atoms. The molecule has 1 fully saturated rings. The van der Waals surface area contributed by atoms with Gasteiger partial charge in [-0.3, -0.25) is 0 Å². The van der Waals surface area contributed by atoms with Crippen molar-refractivity contribution in [3.05, 3.63) is 53.0 Å². The smallest absolute Gasteiger partial charge is 0.318 e. The maximum Gasteiger partial charge on any atom is 0.318 e. The van der Waals surface area contributed by atoms with Gasteiger partial charge in [-0.15, -0.1) is 0 Å². The molecule has 9 nitrogen and oxygen atoms in total. The lowest BCUT2D eigenvalue weighted by atomic mass is 9.98. The summed E-state index contributed by atoms with van der Waals surface area (Å²) in [5.74, 6) is -5.32. The minimum Gasteiger partial charge on any atom is -0.436 e. The summed E-state index contributed by atoms with van der Waals surface area (Å²) in [6.07, 6.45) is -0.393. The number of aryl methyl sites for hydroxylation is 1. The Labute approximate surface area is 194 Å². The summed E-state index contributed by atoms with van der Waals surface area (Å²) in [6, 6.07) is 3.25. The number of carbonyl (C=O) groups excluding carboxylic acids is 1. The molecule has 2 aliphatic heterocycles. The number of benzene rings is 1. The molecule has 0 aliphatic carbocycles. The molecular weight excluding hydrogens is 477 g/mol. The Morgan fingerprint density at radius 3 is 2.82 bits per heavy atom. The van der Waals surface area contributed by atoms with Gasteiger partial charge in [-0.05, 0) is 31.0 Å². The number of urea groups is 1. The number of rotatable bonds is 4. The van der Waals surface area contributed by atoms with Crippen molar-refractivity contribution in [3.63, 3.8) is 0 Å². The number of alkyl halides is 2. The highest BCUT2D eigenvalue weighted by Gasteiger charge is 2.57. The predicted octanol–water partition coefficient (Wildman–Crippen LogP) is 2.30. The largest absolute Gasteiger partial charge is 0.436 e. The first-order chi connectivity index (χ1) is 16.0. The molecule has 0 saturated carbocycles. The van der Waals surface area contributed by atoms with Crippen LogP contribution in [0.2, 0.25) is 0 Å². The van der Waals surface area contributed by atoms with Gasteiger partial charge in [0.05, 0.1) is 24.8 Å². The Hall–Kier alpha value is -2.90. The fourth-order valence-electron chi connectivity index (χ4n) is 4.04.